The lowest BCUT2D eigenvalue weighted by Crippen LogP contribution is -2.42. The average molecular weight is 349 g/mol. The van der Waals surface area contributed by atoms with Crippen molar-refractivity contribution in [3.8, 4) is 0 Å². The first-order valence-electron chi connectivity index (χ1n) is 7.30. The molecule has 1 aliphatic heterocycles. The van der Waals surface area contributed by atoms with Gasteiger partial charge in [-0.2, -0.15) is 4.31 Å². The Morgan fingerprint density at radius 2 is 2.18 bits per heavy atom. The van der Waals surface area contributed by atoms with Crippen LogP contribution in [-0.4, -0.2) is 46.5 Å². The van der Waals surface area contributed by atoms with Gasteiger partial charge in [-0.3, -0.25) is 0 Å². The van der Waals surface area contributed by atoms with Crippen LogP contribution in [0.15, 0.2) is 29.2 Å². The standard InChI is InChI=1S/C15H24N2O3S.ClH/c1-16-10-14-6-4-8-17(11-14)21(18,19)15-7-3-5-13(9-15)12-20-2;/h3,5,7,9,14,16H,4,6,8,10-12H2,1-2H3;1H. The molecule has 5 nitrogen and oxygen atoms in total. The molecule has 1 fully saturated rings. The van der Waals surface area contributed by atoms with Crippen molar-refractivity contribution in [2.24, 2.45) is 5.92 Å². The van der Waals surface area contributed by atoms with Crippen LogP contribution in [0.2, 0.25) is 0 Å². The number of nitrogens with zero attached hydrogens (tertiary/aromatic N) is 1. The number of methoxy groups -OCH3 is 1. The molecule has 22 heavy (non-hydrogen) atoms. The quantitative estimate of drug-likeness (QED) is 0.852. The molecule has 1 unspecified atom stereocenters. The number of nitrogens with one attached hydrogen (secondary N) is 1. The molecule has 0 aromatic heterocycles. The van der Waals surface area contributed by atoms with Crippen LogP contribution in [0.4, 0.5) is 0 Å². The van der Waals surface area contributed by atoms with Gasteiger partial charge in [-0.05, 0) is 50.0 Å². The van der Waals surface area contributed by atoms with Crippen LogP contribution in [0, 0.1) is 5.92 Å². The second-order valence-corrected chi connectivity index (χ2v) is 7.45. The molecule has 0 saturated carbocycles. The van der Waals surface area contributed by atoms with Crippen molar-refractivity contribution in [1.82, 2.24) is 9.62 Å². The molecule has 126 valence electrons. The second kappa shape index (κ2) is 8.84. The van der Waals surface area contributed by atoms with Crippen molar-refractivity contribution in [2.45, 2.75) is 24.3 Å². The van der Waals surface area contributed by atoms with Gasteiger partial charge in [-0.1, -0.05) is 12.1 Å². The zero-order valence-electron chi connectivity index (χ0n) is 13.1. The molecule has 1 saturated heterocycles. The molecule has 7 heteroatoms. The molecule has 1 atom stereocenters. The molecular weight excluding hydrogens is 324 g/mol. The van der Waals surface area contributed by atoms with E-state index in [0.29, 0.717) is 30.5 Å². The average Bonchev–Trinajstić information content (AvgIpc) is 2.48. The maximum Gasteiger partial charge on any atom is 0.243 e. The molecular formula is C15H25ClN2O3S. The fourth-order valence-corrected chi connectivity index (χ4v) is 4.44. The summed E-state index contributed by atoms with van der Waals surface area (Å²) in [5.74, 6) is 0.390. The molecule has 0 radical (unpaired) electrons. The number of hydrogen-bond donors (Lipinski definition) is 1. The number of rotatable bonds is 6. The Hall–Kier alpha value is -0.660. The van der Waals surface area contributed by atoms with Gasteiger partial charge in [-0.25, -0.2) is 8.42 Å². The van der Waals surface area contributed by atoms with Crippen molar-refractivity contribution in [2.75, 3.05) is 33.8 Å². The van der Waals surface area contributed by atoms with Crippen molar-refractivity contribution in [1.29, 1.82) is 0 Å². The normalized spacial score (nSPS) is 19.6. The van der Waals surface area contributed by atoms with E-state index in [1.807, 2.05) is 13.1 Å². The van der Waals surface area contributed by atoms with Crippen molar-refractivity contribution in [3.05, 3.63) is 29.8 Å². The molecule has 1 aromatic carbocycles. The molecule has 0 spiro atoms. The van der Waals surface area contributed by atoms with Crippen LogP contribution < -0.4 is 5.32 Å². The summed E-state index contributed by atoms with van der Waals surface area (Å²) in [7, 11) is 0.106. The summed E-state index contributed by atoms with van der Waals surface area (Å²) in [6, 6.07) is 7.02. The monoisotopic (exact) mass is 348 g/mol. The number of benzene rings is 1. The number of hydrogen-bond acceptors (Lipinski definition) is 4. The minimum atomic E-state index is -3.40. The van der Waals surface area contributed by atoms with E-state index in [0.717, 1.165) is 24.9 Å². The van der Waals surface area contributed by atoms with Gasteiger partial charge < -0.3 is 10.1 Å². The van der Waals surface area contributed by atoms with E-state index in [4.69, 9.17) is 4.74 Å². The topological polar surface area (TPSA) is 58.6 Å². The first-order chi connectivity index (χ1) is 10.1. The van der Waals surface area contributed by atoms with Crippen LogP contribution in [-0.2, 0) is 21.4 Å². The Kier molecular flexibility index (Phi) is 7.79. The van der Waals surface area contributed by atoms with Crippen molar-refractivity contribution in [3.63, 3.8) is 0 Å². The number of sulfonamides is 1. The summed E-state index contributed by atoms with van der Waals surface area (Å²) < 4.78 is 32.2. The summed E-state index contributed by atoms with van der Waals surface area (Å²) in [6.07, 6.45) is 2.00. The smallest absolute Gasteiger partial charge is 0.243 e. The van der Waals surface area contributed by atoms with Crippen LogP contribution in [0.5, 0.6) is 0 Å². The number of ether oxygens (including phenoxy) is 1. The highest BCUT2D eigenvalue weighted by atomic mass is 35.5. The molecule has 1 aliphatic rings. The highest BCUT2D eigenvalue weighted by Crippen LogP contribution is 2.24. The van der Waals surface area contributed by atoms with Gasteiger partial charge in [0, 0.05) is 20.2 Å². The fraction of sp³-hybridized carbons (Fsp3) is 0.600. The van der Waals surface area contributed by atoms with E-state index in [1.165, 1.54) is 0 Å². The first-order valence-corrected chi connectivity index (χ1v) is 8.74. The van der Waals surface area contributed by atoms with E-state index in [9.17, 15) is 8.42 Å². The molecule has 0 aliphatic carbocycles. The predicted octanol–water partition coefficient (Wildman–Crippen LogP) is 1.87. The van der Waals surface area contributed by atoms with E-state index in [1.54, 1.807) is 29.6 Å². The van der Waals surface area contributed by atoms with Crippen LogP contribution >= 0.6 is 12.4 Å². The summed E-state index contributed by atoms with van der Waals surface area (Å²) in [4.78, 5) is 0.363. The molecule has 0 bridgehead atoms. The van der Waals surface area contributed by atoms with Gasteiger partial charge in [0.05, 0.1) is 11.5 Å². The third-order valence-electron chi connectivity index (χ3n) is 3.82. The molecule has 1 N–H and O–H groups in total. The van der Waals surface area contributed by atoms with Gasteiger partial charge in [0.2, 0.25) is 10.0 Å². The molecule has 0 amide bonds. The SMILES string of the molecule is CNCC1CCCN(S(=O)(=O)c2cccc(COC)c2)C1.Cl. The molecule has 1 heterocycles. The number of piperidine rings is 1. The van der Waals surface area contributed by atoms with Gasteiger partial charge in [0.25, 0.3) is 0 Å². The van der Waals surface area contributed by atoms with Gasteiger partial charge in [-0.15, -0.1) is 12.4 Å². The zero-order chi connectivity index (χ0) is 15.3. The minimum absolute atomic E-state index is 0. The van der Waals surface area contributed by atoms with Gasteiger partial charge in [0.15, 0.2) is 0 Å². The molecule has 1 aromatic rings. The Morgan fingerprint density at radius 1 is 1.41 bits per heavy atom. The third kappa shape index (κ3) is 4.67. The van der Waals surface area contributed by atoms with Gasteiger partial charge >= 0.3 is 0 Å². The zero-order valence-corrected chi connectivity index (χ0v) is 14.8. The molecule has 2 rings (SSSR count). The number of halogens is 1. The second-order valence-electron chi connectivity index (χ2n) is 5.51. The summed E-state index contributed by atoms with van der Waals surface area (Å²) >= 11 is 0. The van der Waals surface area contributed by atoms with Crippen molar-refractivity contribution >= 4 is 22.4 Å². The highest BCUT2D eigenvalue weighted by molar-refractivity contribution is 7.89. The van der Waals surface area contributed by atoms with Crippen molar-refractivity contribution < 1.29 is 13.2 Å². The van der Waals surface area contributed by atoms with Gasteiger partial charge in [0.1, 0.15) is 0 Å². The summed E-state index contributed by atoms with van der Waals surface area (Å²) in [5, 5.41) is 3.14. The van der Waals surface area contributed by atoms with Crippen LogP contribution in [0.3, 0.4) is 0 Å². The predicted molar refractivity (Wildman–Crippen MR) is 89.8 cm³/mol. The first kappa shape index (κ1) is 19.4. The Labute approximate surface area is 139 Å². The van der Waals surface area contributed by atoms with E-state index >= 15 is 0 Å². The lowest BCUT2D eigenvalue weighted by atomic mass is 10.00. The van der Waals surface area contributed by atoms with Crippen LogP contribution in [0.25, 0.3) is 0 Å². The Balaban J connectivity index is 0.00000242. The maximum absolute atomic E-state index is 12.8. The van der Waals surface area contributed by atoms with Crippen LogP contribution in [0.1, 0.15) is 18.4 Å². The summed E-state index contributed by atoms with van der Waals surface area (Å²) in [6.45, 7) is 2.48. The van der Waals surface area contributed by atoms with E-state index in [2.05, 4.69) is 5.32 Å². The minimum Gasteiger partial charge on any atom is -0.380 e. The van der Waals surface area contributed by atoms with E-state index < -0.39 is 10.0 Å². The summed E-state index contributed by atoms with van der Waals surface area (Å²) in [5.41, 5.74) is 0.877. The lowest BCUT2D eigenvalue weighted by molar-refractivity contribution is 0.184. The lowest BCUT2D eigenvalue weighted by Gasteiger charge is -2.31. The highest BCUT2D eigenvalue weighted by Gasteiger charge is 2.29. The fourth-order valence-electron chi connectivity index (χ4n) is 2.81. The van der Waals surface area contributed by atoms with E-state index in [-0.39, 0.29) is 12.4 Å². The Morgan fingerprint density at radius 3 is 2.86 bits per heavy atom. The largest absolute Gasteiger partial charge is 0.380 e. The Bertz CT molecular complexity index is 564. The third-order valence-corrected chi connectivity index (χ3v) is 5.68. The maximum atomic E-state index is 12.8.